The van der Waals surface area contributed by atoms with Gasteiger partial charge in [0.1, 0.15) is 11.5 Å². The van der Waals surface area contributed by atoms with E-state index in [0.717, 1.165) is 0 Å². The van der Waals surface area contributed by atoms with Crippen LogP contribution in [0, 0.1) is 0 Å². The van der Waals surface area contributed by atoms with E-state index in [1.807, 2.05) is 0 Å². The van der Waals surface area contributed by atoms with Gasteiger partial charge in [0.25, 0.3) is 5.91 Å². The van der Waals surface area contributed by atoms with Crippen LogP contribution in [-0.4, -0.2) is 32.6 Å². The Morgan fingerprint density at radius 1 is 1.00 bits per heavy atom. The lowest BCUT2D eigenvalue weighted by atomic mass is 10.2. The molecule has 0 aliphatic heterocycles. The SMILES string of the molecule is COc1cc(OC)cc(C(=O)NCCC(=O)Nc2ccc(Cl)cc2Cl)c1. The van der Waals surface area contributed by atoms with Crippen molar-refractivity contribution in [1.82, 2.24) is 5.32 Å². The van der Waals surface area contributed by atoms with Crippen LogP contribution in [0.4, 0.5) is 5.69 Å². The van der Waals surface area contributed by atoms with E-state index < -0.39 is 0 Å². The lowest BCUT2D eigenvalue weighted by Gasteiger charge is -2.10. The third-order valence-electron chi connectivity index (χ3n) is 3.46. The van der Waals surface area contributed by atoms with Gasteiger partial charge >= 0.3 is 0 Å². The number of carbonyl (C=O) groups is 2. The molecule has 2 aromatic rings. The van der Waals surface area contributed by atoms with Gasteiger partial charge in [-0.2, -0.15) is 0 Å². The van der Waals surface area contributed by atoms with Gasteiger partial charge in [0.15, 0.2) is 0 Å². The smallest absolute Gasteiger partial charge is 0.251 e. The average molecular weight is 397 g/mol. The molecule has 0 radical (unpaired) electrons. The molecule has 2 amide bonds. The fourth-order valence-corrected chi connectivity index (χ4v) is 2.59. The first kappa shape index (κ1) is 19.9. The summed E-state index contributed by atoms with van der Waals surface area (Å²) in [5.74, 6) is 0.395. The number of methoxy groups -OCH3 is 2. The Labute approximate surface area is 161 Å². The zero-order chi connectivity index (χ0) is 19.1. The van der Waals surface area contributed by atoms with E-state index in [1.165, 1.54) is 20.3 Å². The Kier molecular flexibility index (Phi) is 7.12. The maximum atomic E-state index is 12.2. The molecular weight excluding hydrogens is 379 g/mol. The fraction of sp³-hybridized carbons (Fsp3) is 0.222. The molecule has 0 heterocycles. The minimum Gasteiger partial charge on any atom is -0.497 e. The molecule has 0 aromatic heterocycles. The molecule has 0 unspecified atom stereocenters. The van der Waals surface area contributed by atoms with Crippen LogP contribution in [0.2, 0.25) is 10.0 Å². The molecule has 0 saturated carbocycles. The first-order valence-electron chi connectivity index (χ1n) is 7.69. The predicted octanol–water partition coefficient (Wildman–Crippen LogP) is 3.77. The molecule has 0 fully saturated rings. The third kappa shape index (κ3) is 5.54. The summed E-state index contributed by atoms with van der Waals surface area (Å²) >= 11 is 11.8. The van der Waals surface area contributed by atoms with Gasteiger partial charge in [-0.25, -0.2) is 0 Å². The topological polar surface area (TPSA) is 76.7 Å². The molecular formula is C18H18Cl2N2O4. The Hall–Kier alpha value is -2.44. The van der Waals surface area contributed by atoms with Crippen molar-refractivity contribution in [3.63, 3.8) is 0 Å². The van der Waals surface area contributed by atoms with Gasteiger partial charge in [-0.3, -0.25) is 9.59 Å². The molecule has 0 bridgehead atoms. The zero-order valence-corrected chi connectivity index (χ0v) is 15.8. The first-order chi connectivity index (χ1) is 12.4. The summed E-state index contributed by atoms with van der Waals surface area (Å²) < 4.78 is 10.3. The monoisotopic (exact) mass is 396 g/mol. The molecule has 26 heavy (non-hydrogen) atoms. The number of hydrogen-bond donors (Lipinski definition) is 2. The van der Waals surface area contributed by atoms with E-state index >= 15 is 0 Å². The first-order valence-corrected chi connectivity index (χ1v) is 8.44. The van der Waals surface area contributed by atoms with Crippen LogP contribution in [0.5, 0.6) is 11.5 Å². The van der Waals surface area contributed by atoms with E-state index in [9.17, 15) is 9.59 Å². The largest absolute Gasteiger partial charge is 0.497 e. The maximum absolute atomic E-state index is 12.2. The van der Waals surface area contributed by atoms with Gasteiger partial charge < -0.3 is 20.1 Å². The summed E-state index contributed by atoms with van der Waals surface area (Å²) in [6, 6.07) is 9.62. The standard InChI is InChI=1S/C18H18Cl2N2O4/c1-25-13-7-11(8-14(10-13)26-2)18(24)21-6-5-17(23)22-16-4-3-12(19)9-15(16)20/h3-4,7-10H,5-6H2,1-2H3,(H,21,24)(H,22,23). The zero-order valence-electron chi connectivity index (χ0n) is 14.3. The number of hydrogen-bond acceptors (Lipinski definition) is 4. The minimum absolute atomic E-state index is 0.0891. The second kappa shape index (κ2) is 9.31. The number of ether oxygens (including phenoxy) is 2. The van der Waals surface area contributed by atoms with Crippen LogP contribution < -0.4 is 20.1 Å². The molecule has 2 N–H and O–H groups in total. The minimum atomic E-state index is -0.334. The highest BCUT2D eigenvalue weighted by atomic mass is 35.5. The number of nitrogens with one attached hydrogen (secondary N) is 2. The van der Waals surface area contributed by atoms with Crippen molar-refractivity contribution < 1.29 is 19.1 Å². The molecule has 6 nitrogen and oxygen atoms in total. The molecule has 138 valence electrons. The molecule has 2 aromatic carbocycles. The van der Waals surface area contributed by atoms with Gasteiger partial charge in [-0.15, -0.1) is 0 Å². The Bertz CT molecular complexity index is 790. The molecule has 0 spiro atoms. The van der Waals surface area contributed by atoms with E-state index in [2.05, 4.69) is 10.6 Å². The van der Waals surface area contributed by atoms with Gasteiger partial charge in [-0.05, 0) is 30.3 Å². The van der Waals surface area contributed by atoms with Crippen molar-refractivity contribution >= 4 is 40.7 Å². The summed E-state index contributed by atoms with van der Waals surface area (Å²) in [6.07, 6.45) is 0.0891. The summed E-state index contributed by atoms with van der Waals surface area (Å²) in [4.78, 5) is 24.2. The van der Waals surface area contributed by atoms with Crippen LogP contribution in [0.3, 0.4) is 0 Å². The Morgan fingerprint density at radius 3 is 2.23 bits per heavy atom. The Balaban J connectivity index is 1.88. The number of rotatable bonds is 7. The predicted molar refractivity (Wildman–Crippen MR) is 102 cm³/mol. The van der Waals surface area contributed by atoms with Crippen LogP contribution in [0.1, 0.15) is 16.8 Å². The van der Waals surface area contributed by atoms with Gasteiger partial charge in [0, 0.05) is 29.6 Å². The van der Waals surface area contributed by atoms with E-state index in [4.69, 9.17) is 32.7 Å². The molecule has 0 aliphatic carbocycles. The number of amides is 2. The van der Waals surface area contributed by atoms with Crippen molar-refractivity contribution in [3.8, 4) is 11.5 Å². The lowest BCUT2D eigenvalue weighted by Crippen LogP contribution is -2.27. The van der Waals surface area contributed by atoms with E-state index in [-0.39, 0.29) is 24.8 Å². The van der Waals surface area contributed by atoms with Crippen LogP contribution >= 0.6 is 23.2 Å². The fourth-order valence-electron chi connectivity index (χ4n) is 2.13. The second-order valence-corrected chi connectivity index (χ2v) is 6.12. The third-order valence-corrected chi connectivity index (χ3v) is 4.00. The average Bonchev–Trinajstić information content (AvgIpc) is 2.63. The molecule has 0 aliphatic rings. The quantitative estimate of drug-likeness (QED) is 0.746. The molecule has 2 rings (SSSR count). The molecule has 8 heteroatoms. The lowest BCUT2D eigenvalue weighted by molar-refractivity contribution is -0.116. The summed E-state index contributed by atoms with van der Waals surface area (Å²) in [5, 5.41) is 6.17. The second-order valence-electron chi connectivity index (χ2n) is 5.28. The number of anilines is 1. The number of benzene rings is 2. The highest BCUT2D eigenvalue weighted by Crippen LogP contribution is 2.25. The van der Waals surface area contributed by atoms with Crippen molar-refractivity contribution in [1.29, 1.82) is 0 Å². The highest BCUT2D eigenvalue weighted by Gasteiger charge is 2.11. The number of halogens is 2. The molecule has 0 saturated heterocycles. The summed E-state index contributed by atoms with van der Waals surface area (Å²) in [5.41, 5.74) is 0.840. The van der Waals surface area contributed by atoms with Gasteiger partial charge in [0.05, 0.1) is 24.9 Å². The van der Waals surface area contributed by atoms with Gasteiger partial charge in [-0.1, -0.05) is 23.2 Å². The summed E-state index contributed by atoms with van der Waals surface area (Å²) in [6.45, 7) is 0.162. The van der Waals surface area contributed by atoms with E-state index in [1.54, 1.807) is 30.3 Å². The van der Waals surface area contributed by atoms with Crippen molar-refractivity contribution in [2.24, 2.45) is 0 Å². The highest BCUT2D eigenvalue weighted by molar-refractivity contribution is 6.36. The normalized spacial score (nSPS) is 10.2. The van der Waals surface area contributed by atoms with Crippen molar-refractivity contribution in [2.45, 2.75) is 6.42 Å². The number of carbonyl (C=O) groups excluding carboxylic acids is 2. The van der Waals surface area contributed by atoms with Crippen LogP contribution in [0.25, 0.3) is 0 Å². The Morgan fingerprint density at radius 2 is 1.65 bits per heavy atom. The van der Waals surface area contributed by atoms with Gasteiger partial charge in [0.2, 0.25) is 5.91 Å². The van der Waals surface area contributed by atoms with Crippen molar-refractivity contribution in [2.75, 3.05) is 26.1 Å². The van der Waals surface area contributed by atoms with Crippen LogP contribution in [0.15, 0.2) is 36.4 Å². The van der Waals surface area contributed by atoms with Crippen molar-refractivity contribution in [3.05, 3.63) is 52.0 Å². The van der Waals surface area contributed by atoms with E-state index in [0.29, 0.717) is 32.8 Å². The summed E-state index contributed by atoms with van der Waals surface area (Å²) in [7, 11) is 3.01. The molecule has 0 atom stereocenters. The van der Waals surface area contributed by atoms with Crippen LogP contribution in [-0.2, 0) is 4.79 Å². The maximum Gasteiger partial charge on any atom is 0.251 e.